The highest BCUT2D eigenvalue weighted by Gasteiger charge is 2.48. The number of piperazine rings is 1. The average molecular weight is 212 g/mol. The van der Waals surface area contributed by atoms with E-state index in [1.165, 1.54) is 0 Å². The van der Waals surface area contributed by atoms with Crippen molar-refractivity contribution >= 4 is 5.91 Å². The van der Waals surface area contributed by atoms with Crippen LogP contribution in [0.15, 0.2) is 0 Å². The maximum absolute atomic E-state index is 12.2. The van der Waals surface area contributed by atoms with Crippen molar-refractivity contribution in [3.63, 3.8) is 0 Å². The van der Waals surface area contributed by atoms with Crippen LogP contribution >= 0.6 is 0 Å². The van der Waals surface area contributed by atoms with Crippen molar-refractivity contribution in [2.75, 3.05) is 33.4 Å². The lowest BCUT2D eigenvalue weighted by Gasteiger charge is -2.37. The molecule has 1 saturated carbocycles. The zero-order valence-electron chi connectivity index (χ0n) is 9.58. The number of hydrogen-bond acceptors (Lipinski definition) is 3. The number of nitrogens with zero attached hydrogens (tertiary/aromatic N) is 1. The van der Waals surface area contributed by atoms with Crippen LogP contribution in [0.25, 0.3) is 0 Å². The van der Waals surface area contributed by atoms with Crippen LogP contribution in [0.5, 0.6) is 0 Å². The van der Waals surface area contributed by atoms with E-state index in [4.69, 9.17) is 4.74 Å². The van der Waals surface area contributed by atoms with Gasteiger partial charge in [-0.3, -0.25) is 4.79 Å². The summed E-state index contributed by atoms with van der Waals surface area (Å²) >= 11 is 0. The highest BCUT2D eigenvalue weighted by Crippen LogP contribution is 2.46. The van der Waals surface area contributed by atoms with Gasteiger partial charge in [-0.1, -0.05) is 6.92 Å². The van der Waals surface area contributed by atoms with E-state index in [2.05, 4.69) is 12.2 Å². The van der Waals surface area contributed by atoms with Crippen LogP contribution < -0.4 is 5.32 Å². The Morgan fingerprint density at radius 3 is 2.93 bits per heavy atom. The maximum Gasteiger partial charge on any atom is 0.228 e. The fourth-order valence-electron chi connectivity index (χ4n) is 2.12. The normalized spacial score (nSPS) is 28.9. The zero-order valence-corrected chi connectivity index (χ0v) is 9.58. The summed E-state index contributed by atoms with van der Waals surface area (Å²) in [6.45, 7) is 5.29. The minimum Gasteiger partial charge on any atom is -0.382 e. The Kier molecular flexibility index (Phi) is 2.98. The van der Waals surface area contributed by atoms with E-state index in [0.29, 0.717) is 12.5 Å². The van der Waals surface area contributed by atoms with Crippen LogP contribution in [-0.4, -0.2) is 50.2 Å². The number of hydrogen-bond donors (Lipinski definition) is 1. The molecule has 4 heteroatoms. The molecule has 1 saturated heterocycles. The van der Waals surface area contributed by atoms with E-state index in [9.17, 15) is 4.79 Å². The van der Waals surface area contributed by atoms with Gasteiger partial charge in [0, 0.05) is 32.2 Å². The molecule has 0 aromatic heterocycles. The fraction of sp³-hybridized carbons (Fsp3) is 0.909. The molecule has 1 heterocycles. The molecule has 0 spiro atoms. The molecule has 0 aromatic carbocycles. The number of carbonyl (C=O) groups is 1. The number of ether oxygens (including phenoxy) is 1. The molecule has 2 aliphatic rings. The van der Waals surface area contributed by atoms with E-state index in [0.717, 1.165) is 32.5 Å². The molecule has 1 aliphatic carbocycles. The Morgan fingerprint density at radius 2 is 2.33 bits per heavy atom. The first-order valence-electron chi connectivity index (χ1n) is 5.68. The first kappa shape index (κ1) is 10.9. The van der Waals surface area contributed by atoms with Crippen molar-refractivity contribution in [1.82, 2.24) is 10.2 Å². The van der Waals surface area contributed by atoms with E-state index in [-0.39, 0.29) is 11.5 Å². The van der Waals surface area contributed by atoms with Gasteiger partial charge in [0.05, 0.1) is 12.6 Å². The van der Waals surface area contributed by atoms with Crippen LogP contribution in [0.2, 0.25) is 0 Å². The molecule has 2 fully saturated rings. The molecule has 1 atom stereocenters. The van der Waals surface area contributed by atoms with Crippen molar-refractivity contribution in [3.05, 3.63) is 0 Å². The molecule has 1 unspecified atom stereocenters. The lowest BCUT2D eigenvalue weighted by Crippen LogP contribution is -2.56. The predicted molar refractivity (Wildman–Crippen MR) is 57.6 cm³/mol. The molecule has 15 heavy (non-hydrogen) atoms. The summed E-state index contributed by atoms with van der Waals surface area (Å²) in [6, 6.07) is 0.216. The fourth-order valence-corrected chi connectivity index (χ4v) is 2.12. The zero-order chi connectivity index (χ0) is 10.9. The second-order valence-electron chi connectivity index (χ2n) is 4.87. The minimum atomic E-state index is -0.0523. The quantitative estimate of drug-likeness (QED) is 0.728. The largest absolute Gasteiger partial charge is 0.382 e. The number of carbonyl (C=O) groups excluding carboxylic acids is 1. The molecule has 0 bridgehead atoms. The van der Waals surface area contributed by atoms with Crippen molar-refractivity contribution in [2.24, 2.45) is 5.41 Å². The molecule has 86 valence electrons. The SMILES string of the molecule is COCC1CNCCN1C(=O)C1(C)CC1. The average Bonchev–Trinajstić information content (AvgIpc) is 2.98. The topological polar surface area (TPSA) is 41.6 Å². The van der Waals surface area contributed by atoms with Gasteiger partial charge in [-0.25, -0.2) is 0 Å². The third-order valence-corrected chi connectivity index (χ3v) is 3.49. The third-order valence-electron chi connectivity index (χ3n) is 3.49. The summed E-state index contributed by atoms with van der Waals surface area (Å²) in [7, 11) is 1.69. The molecule has 0 radical (unpaired) electrons. The number of amides is 1. The Labute approximate surface area is 91.0 Å². The van der Waals surface area contributed by atoms with Gasteiger partial charge >= 0.3 is 0 Å². The van der Waals surface area contributed by atoms with E-state index >= 15 is 0 Å². The lowest BCUT2D eigenvalue weighted by molar-refractivity contribution is -0.140. The Morgan fingerprint density at radius 1 is 1.60 bits per heavy atom. The van der Waals surface area contributed by atoms with Gasteiger partial charge in [0.2, 0.25) is 5.91 Å². The Hall–Kier alpha value is -0.610. The van der Waals surface area contributed by atoms with Crippen molar-refractivity contribution in [1.29, 1.82) is 0 Å². The van der Waals surface area contributed by atoms with Crippen molar-refractivity contribution in [3.8, 4) is 0 Å². The van der Waals surface area contributed by atoms with E-state index < -0.39 is 0 Å². The molecule has 4 nitrogen and oxygen atoms in total. The first-order valence-corrected chi connectivity index (χ1v) is 5.68. The van der Waals surface area contributed by atoms with Crippen molar-refractivity contribution in [2.45, 2.75) is 25.8 Å². The highest BCUT2D eigenvalue weighted by atomic mass is 16.5. The molecular weight excluding hydrogens is 192 g/mol. The number of rotatable bonds is 3. The molecular formula is C11H20N2O2. The summed E-state index contributed by atoms with van der Waals surface area (Å²) in [6.07, 6.45) is 2.10. The monoisotopic (exact) mass is 212 g/mol. The van der Waals surface area contributed by atoms with E-state index in [1.807, 2.05) is 4.90 Å². The second-order valence-corrected chi connectivity index (χ2v) is 4.87. The number of methoxy groups -OCH3 is 1. The van der Waals surface area contributed by atoms with Gasteiger partial charge in [0.1, 0.15) is 0 Å². The summed E-state index contributed by atoms with van der Waals surface area (Å²) in [4.78, 5) is 14.2. The van der Waals surface area contributed by atoms with Gasteiger partial charge in [-0.15, -0.1) is 0 Å². The molecule has 1 amide bonds. The molecule has 1 aliphatic heterocycles. The van der Waals surface area contributed by atoms with E-state index in [1.54, 1.807) is 7.11 Å². The highest BCUT2D eigenvalue weighted by molar-refractivity contribution is 5.85. The Bertz CT molecular complexity index is 249. The smallest absolute Gasteiger partial charge is 0.228 e. The first-order chi connectivity index (χ1) is 7.17. The van der Waals surface area contributed by atoms with Gasteiger partial charge in [0.15, 0.2) is 0 Å². The third kappa shape index (κ3) is 2.16. The van der Waals surface area contributed by atoms with Crippen LogP contribution in [0.1, 0.15) is 19.8 Å². The number of nitrogens with one attached hydrogen (secondary N) is 1. The molecule has 0 aromatic rings. The lowest BCUT2D eigenvalue weighted by atomic mass is 10.1. The predicted octanol–water partition coefficient (Wildman–Crippen LogP) is 0.233. The Balaban J connectivity index is 2.00. The molecule has 1 N–H and O–H groups in total. The summed E-state index contributed by atoms with van der Waals surface area (Å²) in [5, 5.41) is 3.30. The summed E-state index contributed by atoms with van der Waals surface area (Å²) in [5.74, 6) is 0.325. The molecule has 2 rings (SSSR count). The van der Waals surface area contributed by atoms with Gasteiger partial charge in [-0.2, -0.15) is 0 Å². The summed E-state index contributed by atoms with van der Waals surface area (Å²) < 4.78 is 5.16. The van der Waals surface area contributed by atoms with Crippen LogP contribution in [0.4, 0.5) is 0 Å². The van der Waals surface area contributed by atoms with Crippen molar-refractivity contribution < 1.29 is 9.53 Å². The van der Waals surface area contributed by atoms with Gasteiger partial charge in [-0.05, 0) is 12.8 Å². The minimum absolute atomic E-state index is 0.0523. The van der Waals surface area contributed by atoms with Crippen LogP contribution in [0, 0.1) is 5.41 Å². The van der Waals surface area contributed by atoms with Gasteiger partial charge < -0.3 is 15.0 Å². The van der Waals surface area contributed by atoms with Crippen LogP contribution in [0.3, 0.4) is 0 Å². The van der Waals surface area contributed by atoms with Crippen LogP contribution in [-0.2, 0) is 9.53 Å². The summed E-state index contributed by atoms with van der Waals surface area (Å²) in [5.41, 5.74) is -0.0523. The standard InChI is InChI=1S/C11H20N2O2/c1-11(3-4-11)10(14)13-6-5-12-7-9(13)8-15-2/h9,12H,3-8H2,1-2H3. The van der Waals surface area contributed by atoms with Gasteiger partial charge in [0.25, 0.3) is 0 Å². The maximum atomic E-state index is 12.2. The second kappa shape index (κ2) is 4.10.